The summed E-state index contributed by atoms with van der Waals surface area (Å²) in [4.78, 5) is 26.7. The Morgan fingerprint density at radius 2 is 1.80 bits per heavy atom. The number of nitrogens with zero attached hydrogens (tertiary/aromatic N) is 1. The number of esters is 1. The Morgan fingerprint density at radius 1 is 1.10 bits per heavy atom. The first-order chi connectivity index (χ1) is 14.3. The number of aryl methyl sites for hydroxylation is 2. The average Bonchev–Trinajstić information content (AvgIpc) is 3.45. The lowest BCUT2D eigenvalue weighted by molar-refractivity contribution is -0.123. The van der Waals surface area contributed by atoms with E-state index in [1.807, 2.05) is 6.07 Å². The molecular formula is C21H24N2O5S2. The summed E-state index contributed by atoms with van der Waals surface area (Å²) in [6.45, 7) is 2.59. The molecule has 0 spiro atoms. The van der Waals surface area contributed by atoms with Gasteiger partial charge in [0, 0.05) is 23.7 Å². The first-order valence-electron chi connectivity index (χ1n) is 10.1. The number of benzene rings is 1. The van der Waals surface area contributed by atoms with Gasteiger partial charge in [0.1, 0.15) is 4.88 Å². The number of sulfonamides is 1. The van der Waals surface area contributed by atoms with Crippen molar-refractivity contribution in [1.29, 1.82) is 0 Å². The number of carbonyl (C=O) groups is 2. The summed E-state index contributed by atoms with van der Waals surface area (Å²) in [5, 5.41) is 2.66. The third kappa shape index (κ3) is 4.28. The number of anilines is 1. The van der Waals surface area contributed by atoms with Crippen molar-refractivity contribution in [3.8, 4) is 0 Å². The van der Waals surface area contributed by atoms with Crippen molar-refractivity contribution in [3.05, 3.63) is 45.6 Å². The van der Waals surface area contributed by atoms with Crippen molar-refractivity contribution >= 4 is 38.9 Å². The highest BCUT2D eigenvalue weighted by atomic mass is 32.2. The SMILES string of the molecule is CC(OC(=O)c1cc2c(s1)CCC2)C(=O)Nc1ccc(S(=O)(=O)N2CCCC2)cc1. The summed E-state index contributed by atoms with van der Waals surface area (Å²) >= 11 is 1.43. The predicted molar refractivity (Wildman–Crippen MR) is 114 cm³/mol. The zero-order valence-electron chi connectivity index (χ0n) is 16.7. The van der Waals surface area contributed by atoms with Gasteiger partial charge < -0.3 is 10.1 Å². The van der Waals surface area contributed by atoms with Gasteiger partial charge in [-0.3, -0.25) is 4.79 Å². The first kappa shape index (κ1) is 21.0. The molecular weight excluding hydrogens is 424 g/mol. The molecule has 1 N–H and O–H groups in total. The molecule has 1 aromatic carbocycles. The van der Waals surface area contributed by atoms with Crippen molar-refractivity contribution < 1.29 is 22.7 Å². The van der Waals surface area contributed by atoms with E-state index in [2.05, 4.69) is 5.32 Å². The molecule has 9 heteroatoms. The molecule has 0 saturated carbocycles. The molecule has 2 aromatic rings. The third-order valence-electron chi connectivity index (χ3n) is 5.43. The molecule has 1 aliphatic heterocycles. The highest BCUT2D eigenvalue weighted by Gasteiger charge is 2.27. The van der Waals surface area contributed by atoms with Crippen LogP contribution in [0.4, 0.5) is 5.69 Å². The van der Waals surface area contributed by atoms with Crippen LogP contribution in [0.3, 0.4) is 0 Å². The van der Waals surface area contributed by atoms with Gasteiger partial charge >= 0.3 is 5.97 Å². The van der Waals surface area contributed by atoms with Crippen molar-refractivity contribution in [2.75, 3.05) is 18.4 Å². The first-order valence-corrected chi connectivity index (χ1v) is 12.3. The van der Waals surface area contributed by atoms with E-state index in [0.29, 0.717) is 23.7 Å². The summed E-state index contributed by atoms with van der Waals surface area (Å²) in [7, 11) is -3.49. The molecule has 0 bridgehead atoms. The topological polar surface area (TPSA) is 92.8 Å². The lowest BCUT2D eigenvalue weighted by Gasteiger charge is -2.16. The number of hydrogen-bond donors (Lipinski definition) is 1. The maximum atomic E-state index is 12.6. The lowest BCUT2D eigenvalue weighted by atomic mass is 10.2. The molecule has 1 atom stereocenters. The van der Waals surface area contributed by atoms with E-state index in [4.69, 9.17) is 4.74 Å². The second-order valence-corrected chi connectivity index (χ2v) is 10.7. The van der Waals surface area contributed by atoms with Gasteiger partial charge in [0.05, 0.1) is 4.90 Å². The fraction of sp³-hybridized carbons (Fsp3) is 0.429. The van der Waals surface area contributed by atoms with Crippen LogP contribution < -0.4 is 5.32 Å². The minimum atomic E-state index is -3.49. The minimum Gasteiger partial charge on any atom is -0.448 e. The maximum Gasteiger partial charge on any atom is 0.349 e. The van der Waals surface area contributed by atoms with Gasteiger partial charge in [-0.1, -0.05) is 0 Å². The molecule has 1 amide bonds. The van der Waals surface area contributed by atoms with E-state index in [1.165, 1.54) is 45.1 Å². The Bertz CT molecular complexity index is 1030. The van der Waals surface area contributed by atoms with Gasteiger partial charge in [-0.15, -0.1) is 11.3 Å². The van der Waals surface area contributed by atoms with Crippen molar-refractivity contribution in [3.63, 3.8) is 0 Å². The van der Waals surface area contributed by atoms with E-state index in [0.717, 1.165) is 32.1 Å². The fourth-order valence-corrected chi connectivity index (χ4v) is 6.39. The smallest absolute Gasteiger partial charge is 0.349 e. The van der Waals surface area contributed by atoms with E-state index in [1.54, 1.807) is 12.1 Å². The molecule has 1 aromatic heterocycles. The zero-order chi connectivity index (χ0) is 21.3. The normalized spacial score (nSPS) is 17.5. The molecule has 1 saturated heterocycles. The Morgan fingerprint density at radius 3 is 2.47 bits per heavy atom. The number of thiophene rings is 1. The Kier molecular flexibility index (Phi) is 5.95. The molecule has 160 valence electrons. The van der Waals surface area contributed by atoms with E-state index in [-0.39, 0.29) is 4.90 Å². The maximum absolute atomic E-state index is 12.6. The monoisotopic (exact) mass is 448 g/mol. The van der Waals surface area contributed by atoms with Crippen LogP contribution in [-0.2, 0) is 32.4 Å². The van der Waals surface area contributed by atoms with Crippen LogP contribution in [0.1, 0.15) is 46.3 Å². The number of fused-ring (bicyclic) bond motifs is 1. The standard InChI is InChI=1S/C21H24N2O5S2/c1-14(28-21(25)19-13-15-5-4-6-18(15)29-19)20(24)22-16-7-9-17(10-8-16)30(26,27)23-11-2-3-12-23/h7-10,13-14H,2-6,11-12H2,1H3,(H,22,24). The Labute approximate surface area is 180 Å². The molecule has 30 heavy (non-hydrogen) atoms. The van der Waals surface area contributed by atoms with E-state index >= 15 is 0 Å². The van der Waals surface area contributed by atoms with Gasteiger partial charge in [-0.05, 0) is 74.9 Å². The van der Waals surface area contributed by atoms with Gasteiger partial charge in [0.2, 0.25) is 10.0 Å². The second kappa shape index (κ2) is 8.49. The van der Waals surface area contributed by atoms with Crippen LogP contribution in [0.15, 0.2) is 35.2 Å². The number of nitrogens with one attached hydrogen (secondary N) is 1. The summed E-state index contributed by atoms with van der Waals surface area (Å²) in [5.41, 5.74) is 1.64. The minimum absolute atomic E-state index is 0.201. The van der Waals surface area contributed by atoms with Crippen LogP contribution in [0.25, 0.3) is 0 Å². The molecule has 2 aliphatic rings. The number of ether oxygens (including phenoxy) is 1. The summed E-state index contributed by atoms with van der Waals surface area (Å²) < 4.78 is 31.9. The largest absolute Gasteiger partial charge is 0.448 e. The van der Waals surface area contributed by atoms with Crippen molar-refractivity contribution in [2.45, 2.75) is 50.0 Å². The summed E-state index contributed by atoms with van der Waals surface area (Å²) in [6.07, 6.45) is 3.87. The molecule has 7 nitrogen and oxygen atoms in total. The Hall–Kier alpha value is -2.23. The molecule has 4 rings (SSSR count). The fourth-order valence-electron chi connectivity index (χ4n) is 3.73. The van der Waals surface area contributed by atoms with E-state index < -0.39 is 28.0 Å². The molecule has 1 fully saturated rings. The number of rotatable bonds is 6. The highest BCUT2D eigenvalue weighted by molar-refractivity contribution is 7.89. The van der Waals surface area contributed by atoms with Gasteiger partial charge in [0.25, 0.3) is 5.91 Å². The van der Waals surface area contributed by atoms with Crippen LogP contribution in [0.5, 0.6) is 0 Å². The molecule has 1 aliphatic carbocycles. The average molecular weight is 449 g/mol. The number of amides is 1. The highest BCUT2D eigenvalue weighted by Crippen LogP contribution is 2.31. The predicted octanol–water partition coefficient (Wildman–Crippen LogP) is 3.21. The van der Waals surface area contributed by atoms with Crippen LogP contribution in [0.2, 0.25) is 0 Å². The van der Waals surface area contributed by atoms with Crippen LogP contribution in [0, 0.1) is 0 Å². The van der Waals surface area contributed by atoms with Gasteiger partial charge in [0.15, 0.2) is 6.10 Å². The molecule has 0 radical (unpaired) electrons. The zero-order valence-corrected chi connectivity index (χ0v) is 18.4. The Balaban J connectivity index is 1.35. The lowest BCUT2D eigenvalue weighted by Crippen LogP contribution is -2.30. The van der Waals surface area contributed by atoms with Gasteiger partial charge in [-0.2, -0.15) is 4.31 Å². The van der Waals surface area contributed by atoms with Crippen LogP contribution in [-0.4, -0.2) is 43.8 Å². The van der Waals surface area contributed by atoms with Crippen LogP contribution >= 0.6 is 11.3 Å². The molecule has 1 unspecified atom stereocenters. The third-order valence-corrected chi connectivity index (χ3v) is 8.56. The second-order valence-electron chi connectivity index (χ2n) is 7.58. The van der Waals surface area contributed by atoms with Gasteiger partial charge in [-0.25, -0.2) is 13.2 Å². The summed E-state index contributed by atoms with van der Waals surface area (Å²) in [5.74, 6) is -0.966. The quantitative estimate of drug-likeness (QED) is 0.685. The molecule has 2 heterocycles. The number of carbonyl (C=O) groups excluding carboxylic acids is 2. The van der Waals surface area contributed by atoms with Crippen molar-refractivity contribution in [2.24, 2.45) is 0 Å². The number of hydrogen-bond acceptors (Lipinski definition) is 6. The summed E-state index contributed by atoms with van der Waals surface area (Å²) in [6, 6.07) is 7.90. The van der Waals surface area contributed by atoms with E-state index in [9.17, 15) is 18.0 Å². The van der Waals surface area contributed by atoms with Crippen molar-refractivity contribution in [1.82, 2.24) is 4.31 Å².